The molecule has 4 heteroatoms. The highest BCUT2D eigenvalue weighted by Crippen LogP contribution is 2.11. The maximum Gasteiger partial charge on any atom is 0.130 e. The number of halogens is 3. The molecule has 2 aromatic carbocycles. The zero-order chi connectivity index (χ0) is 14.5. The first kappa shape index (κ1) is 14.6. The largest absolute Gasteiger partial charge is 0.312 e. The van der Waals surface area contributed by atoms with Gasteiger partial charge < -0.3 is 5.32 Å². The maximum atomic E-state index is 13.4. The van der Waals surface area contributed by atoms with Crippen molar-refractivity contribution in [1.29, 1.82) is 0 Å². The summed E-state index contributed by atoms with van der Waals surface area (Å²) in [6, 6.07) is 8.23. The molecule has 0 spiro atoms. The summed E-state index contributed by atoms with van der Waals surface area (Å²) >= 11 is 0. The summed E-state index contributed by atoms with van der Waals surface area (Å²) in [5.74, 6) is -1.36. The fourth-order valence-electron chi connectivity index (χ4n) is 2.05. The molecule has 1 nitrogen and oxygen atoms in total. The second-order valence-corrected chi connectivity index (χ2v) is 4.73. The lowest BCUT2D eigenvalue weighted by atomic mass is 10.1. The number of aryl methyl sites for hydroxylation is 1. The molecule has 106 valence electrons. The number of nitrogens with one attached hydrogen (secondary N) is 1. The van der Waals surface area contributed by atoms with Crippen molar-refractivity contribution in [2.45, 2.75) is 19.9 Å². The zero-order valence-corrected chi connectivity index (χ0v) is 11.2. The van der Waals surface area contributed by atoms with Crippen molar-refractivity contribution in [3.8, 4) is 0 Å². The molecule has 0 radical (unpaired) electrons. The molecule has 0 atom stereocenters. The van der Waals surface area contributed by atoms with Gasteiger partial charge >= 0.3 is 0 Å². The average Bonchev–Trinajstić information content (AvgIpc) is 2.39. The Morgan fingerprint density at radius 3 is 2.20 bits per heavy atom. The molecule has 2 rings (SSSR count). The summed E-state index contributed by atoms with van der Waals surface area (Å²) in [6.45, 7) is 2.84. The van der Waals surface area contributed by atoms with Crippen molar-refractivity contribution in [3.05, 3.63) is 70.5 Å². The molecule has 1 N–H and O–H groups in total. The van der Waals surface area contributed by atoms with Crippen LogP contribution in [0.1, 0.15) is 16.7 Å². The molecule has 0 saturated carbocycles. The highest BCUT2D eigenvalue weighted by Gasteiger charge is 2.04. The molecule has 0 amide bonds. The van der Waals surface area contributed by atoms with Crippen LogP contribution in [0.5, 0.6) is 0 Å². The van der Waals surface area contributed by atoms with Crippen LogP contribution in [-0.4, -0.2) is 6.54 Å². The van der Waals surface area contributed by atoms with Crippen LogP contribution in [0.25, 0.3) is 0 Å². The first-order valence-electron chi connectivity index (χ1n) is 6.46. The molecule has 0 fully saturated rings. The van der Waals surface area contributed by atoms with E-state index in [0.717, 1.165) is 23.6 Å². The van der Waals surface area contributed by atoms with E-state index >= 15 is 0 Å². The van der Waals surface area contributed by atoms with Crippen LogP contribution in [0.15, 0.2) is 36.4 Å². The van der Waals surface area contributed by atoms with Gasteiger partial charge in [-0.3, -0.25) is 0 Å². The Morgan fingerprint density at radius 2 is 1.55 bits per heavy atom. The lowest BCUT2D eigenvalue weighted by Gasteiger charge is -2.08. The van der Waals surface area contributed by atoms with Crippen LogP contribution in [0, 0.1) is 24.4 Å². The third-order valence-electron chi connectivity index (χ3n) is 3.21. The molecular formula is C16H16F3N. The second-order valence-electron chi connectivity index (χ2n) is 4.73. The quantitative estimate of drug-likeness (QED) is 0.822. The van der Waals surface area contributed by atoms with Gasteiger partial charge in [0.1, 0.15) is 17.5 Å². The number of benzene rings is 2. The topological polar surface area (TPSA) is 12.0 Å². The van der Waals surface area contributed by atoms with Crippen molar-refractivity contribution in [2.75, 3.05) is 6.54 Å². The Kier molecular flexibility index (Phi) is 4.79. The Morgan fingerprint density at radius 1 is 0.900 bits per heavy atom. The highest BCUT2D eigenvalue weighted by molar-refractivity contribution is 5.26. The first-order valence-corrected chi connectivity index (χ1v) is 6.46. The lowest BCUT2D eigenvalue weighted by molar-refractivity contribution is 0.560. The SMILES string of the molecule is Cc1cc(F)ccc1CCNCc1ccc(F)cc1F. The molecule has 0 aliphatic rings. The van der Waals surface area contributed by atoms with Gasteiger partial charge in [-0.1, -0.05) is 12.1 Å². The smallest absolute Gasteiger partial charge is 0.130 e. The Hall–Kier alpha value is -1.81. The van der Waals surface area contributed by atoms with Gasteiger partial charge in [0.25, 0.3) is 0 Å². The van der Waals surface area contributed by atoms with Crippen molar-refractivity contribution in [3.63, 3.8) is 0 Å². The molecule has 0 unspecified atom stereocenters. The normalized spacial score (nSPS) is 10.8. The number of rotatable bonds is 5. The van der Waals surface area contributed by atoms with Crippen LogP contribution >= 0.6 is 0 Å². The van der Waals surface area contributed by atoms with E-state index in [-0.39, 0.29) is 5.82 Å². The number of hydrogen-bond donors (Lipinski definition) is 1. The van der Waals surface area contributed by atoms with Gasteiger partial charge in [-0.15, -0.1) is 0 Å². The Balaban J connectivity index is 1.84. The molecule has 0 bridgehead atoms. The molecule has 0 heterocycles. The fraction of sp³-hybridized carbons (Fsp3) is 0.250. The van der Waals surface area contributed by atoms with Gasteiger partial charge in [-0.2, -0.15) is 0 Å². The summed E-state index contributed by atoms with van der Waals surface area (Å²) in [5.41, 5.74) is 2.39. The molecule has 2 aromatic rings. The third kappa shape index (κ3) is 3.84. The van der Waals surface area contributed by atoms with Crippen molar-refractivity contribution >= 4 is 0 Å². The van der Waals surface area contributed by atoms with Gasteiger partial charge in [0.15, 0.2) is 0 Å². The standard InChI is InChI=1S/C16H16F3N/c1-11-8-14(17)4-2-12(11)6-7-20-10-13-3-5-15(18)9-16(13)19/h2-5,8-9,20H,6-7,10H2,1H3. The minimum Gasteiger partial charge on any atom is -0.312 e. The van der Waals surface area contributed by atoms with Gasteiger partial charge in [-0.25, -0.2) is 13.2 Å². The summed E-state index contributed by atoms with van der Waals surface area (Å²) in [6.07, 6.45) is 0.731. The van der Waals surface area contributed by atoms with E-state index in [1.807, 2.05) is 6.92 Å². The minimum atomic E-state index is -0.576. The van der Waals surface area contributed by atoms with Crippen LogP contribution in [-0.2, 0) is 13.0 Å². The average molecular weight is 279 g/mol. The molecule has 0 aliphatic heterocycles. The van der Waals surface area contributed by atoms with E-state index in [0.29, 0.717) is 18.7 Å². The highest BCUT2D eigenvalue weighted by atomic mass is 19.1. The van der Waals surface area contributed by atoms with E-state index in [1.165, 1.54) is 24.3 Å². The van der Waals surface area contributed by atoms with Crippen LogP contribution in [0.3, 0.4) is 0 Å². The van der Waals surface area contributed by atoms with E-state index in [9.17, 15) is 13.2 Å². The predicted molar refractivity (Wildman–Crippen MR) is 72.9 cm³/mol. The maximum absolute atomic E-state index is 13.4. The van der Waals surface area contributed by atoms with Crippen LogP contribution < -0.4 is 5.32 Å². The Labute approximate surface area is 116 Å². The predicted octanol–water partition coefficient (Wildman–Crippen LogP) is 3.74. The van der Waals surface area contributed by atoms with E-state index in [4.69, 9.17) is 0 Å². The monoisotopic (exact) mass is 279 g/mol. The molecule has 0 aliphatic carbocycles. The van der Waals surface area contributed by atoms with Gasteiger partial charge in [-0.05, 0) is 49.2 Å². The molecule has 0 aromatic heterocycles. The molecule has 20 heavy (non-hydrogen) atoms. The minimum absolute atomic E-state index is 0.243. The van der Waals surface area contributed by atoms with Gasteiger partial charge in [0.05, 0.1) is 0 Å². The molecule has 0 saturated heterocycles. The Bertz CT molecular complexity index is 543. The van der Waals surface area contributed by atoms with Crippen molar-refractivity contribution in [2.24, 2.45) is 0 Å². The lowest BCUT2D eigenvalue weighted by Crippen LogP contribution is -2.18. The second kappa shape index (κ2) is 6.57. The van der Waals surface area contributed by atoms with Crippen LogP contribution in [0.4, 0.5) is 13.2 Å². The third-order valence-corrected chi connectivity index (χ3v) is 3.21. The van der Waals surface area contributed by atoms with E-state index in [1.54, 1.807) is 6.07 Å². The summed E-state index contributed by atoms with van der Waals surface area (Å²) in [4.78, 5) is 0. The fourth-order valence-corrected chi connectivity index (χ4v) is 2.05. The zero-order valence-electron chi connectivity index (χ0n) is 11.2. The van der Waals surface area contributed by atoms with Gasteiger partial charge in [0.2, 0.25) is 0 Å². The molecular weight excluding hydrogens is 263 g/mol. The van der Waals surface area contributed by atoms with E-state index in [2.05, 4.69) is 5.32 Å². The van der Waals surface area contributed by atoms with E-state index < -0.39 is 11.6 Å². The summed E-state index contributed by atoms with van der Waals surface area (Å²) in [7, 11) is 0. The van der Waals surface area contributed by atoms with Crippen LogP contribution in [0.2, 0.25) is 0 Å². The summed E-state index contributed by atoms with van der Waals surface area (Å²) < 4.78 is 39.1. The summed E-state index contributed by atoms with van der Waals surface area (Å²) in [5, 5.41) is 3.10. The van der Waals surface area contributed by atoms with Crippen molar-refractivity contribution < 1.29 is 13.2 Å². The first-order chi connectivity index (χ1) is 9.56. The van der Waals surface area contributed by atoms with Crippen molar-refractivity contribution in [1.82, 2.24) is 5.32 Å². The van der Waals surface area contributed by atoms with Gasteiger partial charge in [0, 0.05) is 18.2 Å². The number of hydrogen-bond acceptors (Lipinski definition) is 1.